The van der Waals surface area contributed by atoms with Crippen molar-refractivity contribution in [1.29, 1.82) is 0 Å². The summed E-state index contributed by atoms with van der Waals surface area (Å²) in [6, 6.07) is 20.3. The molecule has 0 saturated carbocycles. The molecule has 0 aliphatic carbocycles. The van der Waals surface area contributed by atoms with Gasteiger partial charge in [-0.3, -0.25) is 10.1 Å². The highest BCUT2D eigenvalue weighted by atomic mass is 16.2. The van der Waals surface area contributed by atoms with Gasteiger partial charge in [0.15, 0.2) is 0 Å². The first-order chi connectivity index (χ1) is 11.4. The minimum Gasteiger partial charge on any atom is -0.321 e. The van der Waals surface area contributed by atoms with E-state index in [1.807, 2.05) is 41.3 Å². The lowest BCUT2D eigenvalue weighted by molar-refractivity contribution is -0.131. The topological polar surface area (TPSA) is 32.3 Å². The molecule has 3 nitrogen and oxygen atoms in total. The van der Waals surface area contributed by atoms with Gasteiger partial charge in [-0.2, -0.15) is 0 Å². The number of hydrogen-bond acceptors (Lipinski definition) is 2. The summed E-state index contributed by atoms with van der Waals surface area (Å²) < 4.78 is 0. The molecule has 0 spiro atoms. The fourth-order valence-electron chi connectivity index (χ4n) is 3.34. The standard InChI is InChI=1S/C21H26N2O/c1-21(2,3)20-22-18(14-16-10-6-4-7-11-16)19(24)23(20)15-17-12-8-5-9-13-17/h4-13,18,20,22H,14-15H2,1-3H3/t18-,20-/m1/s1. The maximum Gasteiger partial charge on any atom is 0.241 e. The zero-order valence-corrected chi connectivity index (χ0v) is 14.7. The molecule has 0 aromatic heterocycles. The van der Waals surface area contributed by atoms with Crippen molar-refractivity contribution in [2.75, 3.05) is 0 Å². The average molecular weight is 322 g/mol. The van der Waals surface area contributed by atoms with Crippen LogP contribution in [-0.4, -0.2) is 23.0 Å². The van der Waals surface area contributed by atoms with Crippen LogP contribution < -0.4 is 5.32 Å². The van der Waals surface area contributed by atoms with E-state index in [1.54, 1.807) is 0 Å². The molecule has 3 rings (SSSR count). The van der Waals surface area contributed by atoms with Crippen molar-refractivity contribution in [2.24, 2.45) is 5.41 Å². The second-order valence-electron chi connectivity index (χ2n) is 7.63. The van der Waals surface area contributed by atoms with Crippen molar-refractivity contribution in [3.63, 3.8) is 0 Å². The number of rotatable bonds is 4. The van der Waals surface area contributed by atoms with Gasteiger partial charge in [0.05, 0.1) is 12.2 Å². The molecule has 1 fully saturated rings. The van der Waals surface area contributed by atoms with Crippen LogP contribution >= 0.6 is 0 Å². The van der Waals surface area contributed by atoms with Gasteiger partial charge in [0.2, 0.25) is 5.91 Å². The van der Waals surface area contributed by atoms with Gasteiger partial charge in [0.1, 0.15) is 0 Å². The summed E-state index contributed by atoms with van der Waals surface area (Å²) in [4.78, 5) is 15.0. The van der Waals surface area contributed by atoms with Crippen LogP contribution in [0.1, 0.15) is 31.9 Å². The first-order valence-electron chi connectivity index (χ1n) is 8.59. The molecule has 2 aromatic rings. The highest BCUT2D eigenvalue weighted by Gasteiger charge is 2.43. The lowest BCUT2D eigenvalue weighted by atomic mass is 9.91. The molecule has 3 heteroatoms. The molecule has 24 heavy (non-hydrogen) atoms. The van der Waals surface area contributed by atoms with E-state index in [0.29, 0.717) is 6.54 Å². The Hall–Kier alpha value is -2.13. The van der Waals surface area contributed by atoms with Gasteiger partial charge in [-0.05, 0) is 23.0 Å². The van der Waals surface area contributed by atoms with Gasteiger partial charge in [0.25, 0.3) is 0 Å². The van der Waals surface area contributed by atoms with E-state index in [-0.39, 0.29) is 23.5 Å². The van der Waals surface area contributed by atoms with E-state index in [9.17, 15) is 4.79 Å². The lowest BCUT2D eigenvalue weighted by Crippen LogP contribution is -2.46. The Labute approximate surface area is 144 Å². The number of nitrogens with zero attached hydrogens (tertiary/aromatic N) is 1. The third kappa shape index (κ3) is 3.68. The van der Waals surface area contributed by atoms with Crippen LogP contribution in [0.4, 0.5) is 0 Å². The highest BCUT2D eigenvalue weighted by Crippen LogP contribution is 2.29. The Kier molecular flexibility index (Phi) is 4.72. The first kappa shape index (κ1) is 16.7. The van der Waals surface area contributed by atoms with Crippen molar-refractivity contribution in [3.05, 3.63) is 71.8 Å². The minimum atomic E-state index is -0.152. The third-order valence-corrected chi connectivity index (χ3v) is 4.55. The second kappa shape index (κ2) is 6.78. The molecule has 1 aliphatic heterocycles. The Bertz CT molecular complexity index is 676. The SMILES string of the molecule is CC(C)(C)[C@@H]1N[C@H](Cc2ccccc2)C(=O)N1Cc1ccccc1. The molecule has 1 N–H and O–H groups in total. The largest absolute Gasteiger partial charge is 0.321 e. The van der Waals surface area contributed by atoms with Crippen LogP contribution in [-0.2, 0) is 17.8 Å². The minimum absolute atomic E-state index is 0.0180. The van der Waals surface area contributed by atoms with Gasteiger partial charge in [-0.25, -0.2) is 0 Å². The summed E-state index contributed by atoms with van der Waals surface area (Å²) in [6.45, 7) is 7.20. The Morgan fingerprint density at radius 2 is 1.46 bits per heavy atom. The number of benzene rings is 2. The van der Waals surface area contributed by atoms with Crippen molar-refractivity contribution in [3.8, 4) is 0 Å². The van der Waals surface area contributed by atoms with Crippen molar-refractivity contribution >= 4 is 5.91 Å². The van der Waals surface area contributed by atoms with E-state index < -0.39 is 0 Å². The smallest absolute Gasteiger partial charge is 0.241 e. The molecule has 0 bridgehead atoms. The highest BCUT2D eigenvalue weighted by molar-refractivity contribution is 5.84. The molecule has 1 heterocycles. The van der Waals surface area contributed by atoms with Gasteiger partial charge in [-0.1, -0.05) is 81.4 Å². The van der Waals surface area contributed by atoms with Crippen LogP contribution in [0.5, 0.6) is 0 Å². The maximum absolute atomic E-state index is 13.0. The summed E-state index contributed by atoms with van der Waals surface area (Å²) in [5.74, 6) is 0.197. The second-order valence-corrected chi connectivity index (χ2v) is 7.63. The van der Waals surface area contributed by atoms with E-state index >= 15 is 0 Å². The van der Waals surface area contributed by atoms with E-state index in [2.05, 4.69) is 50.4 Å². The van der Waals surface area contributed by atoms with Crippen LogP contribution in [0.2, 0.25) is 0 Å². The van der Waals surface area contributed by atoms with Gasteiger partial charge < -0.3 is 4.90 Å². The number of amides is 1. The maximum atomic E-state index is 13.0. The van der Waals surface area contributed by atoms with Gasteiger partial charge >= 0.3 is 0 Å². The van der Waals surface area contributed by atoms with Crippen LogP contribution in [0.3, 0.4) is 0 Å². The molecule has 0 radical (unpaired) electrons. The van der Waals surface area contributed by atoms with Gasteiger partial charge in [0, 0.05) is 6.54 Å². The molecule has 0 unspecified atom stereocenters. The fourth-order valence-corrected chi connectivity index (χ4v) is 3.34. The first-order valence-corrected chi connectivity index (χ1v) is 8.59. The van der Waals surface area contributed by atoms with Crippen molar-refractivity contribution in [1.82, 2.24) is 10.2 Å². The Balaban J connectivity index is 1.81. The van der Waals surface area contributed by atoms with Crippen LogP contribution in [0.25, 0.3) is 0 Å². The zero-order chi connectivity index (χ0) is 17.2. The molecular formula is C21H26N2O. The van der Waals surface area contributed by atoms with Crippen LogP contribution in [0.15, 0.2) is 60.7 Å². The quantitative estimate of drug-likeness (QED) is 0.933. The molecule has 126 valence electrons. The molecule has 2 aromatic carbocycles. The van der Waals surface area contributed by atoms with Crippen molar-refractivity contribution < 1.29 is 4.79 Å². The Morgan fingerprint density at radius 3 is 2.00 bits per heavy atom. The average Bonchev–Trinajstić information content (AvgIpc) is 2.86. The molecular weight excluding hydrogens is 296 g/mol. The summed E-state index contributed by atoms with van der Waals surface area (Å²) in [5.41, 5.74) is 2.34. The summed E-state index contributed by atoms with van der Waals surface area (Å²) >= 11 is 0. The summed E-state index contributed by atoms with van der Waals surface area (Å²) in [5, 5.41) is 3.58. The van der Waals surface area contributed by atoms with E-state index in [0.717, 1.165) is 6.42 Å². The third-order valence-electron chi connectivity index (χ3n) is 4.55. The molecule has 2 atom stereocenters. The zero-order valence-electron chi connectivity index (χ0n) is 14.7. The van der Waals surface area contributed by atoms with Gasteiger partial charge in [-0.15, -0.1) is 0 Å². The number of carbonyl (C=O) groups excluding carboxylic acids is 1. The number of nitrogens with one attached hydrogen (secondary N) is 1. The van der Waals surface area contributed by atoms with E-state index in [1.165, 1.54) is 11.1 Å². The van der Waals surface area contributed by atoms with Crippen molar-refractivity contribution in [2.45, 2.75) is 45.9 Å². The summed E-state index contributed by atoms with van der Waals surface area (Å²) in [7, 11) is 0. The Morgan fingerprint density at radius 1 is 0.917 bits per heavy atom. The number of carbonyl (C=O) groups is 1. The molecule has 1 saturated heterocycles. The number of hydrogen-bond donors (Lipinski definition) is 1. The predicted molar refractivity (Wildman–Crippen MR) is 97.3 cm³/mol. The fraction of sp³-hybridized carbons (Fsp3) is 0.381. The normalized spacial score (nSPS) is 21.3. The lowest BCUT2D eigenvalue weighted by Gasteiger charge is -2.34. The van der Waals surface area contributed by atoms with Crippen LogP contribution in [0, 0.1) is 5.41 Å². The molecule has 1 aliphatic rings. The predicted octanol–water partition coefficient (Wildman–Crippen LogP) is 3.60. The monoisotopic (exact) mass is 322 g/mol. The summed E-state index contributed by atoms with van der Waals surface area (Å²) in [6.07, 6.45) is 0.774. The van der Waals surface area contributed by atoms with E-state index in [4.69, 9.17) is 0 Å². The molecule has 1 amide bonds.